The maximum atomic E-state index is 9.04. The van der Waals surface area contributed by atoms with Crippen molar-refractivity contribution >= 4 is 0 Å². The molecule has 76 valence electrons. The largest absolute Gasteiger partial charge is 0.394 e. The van der Waals surface area contributed by atoms with Gasteiger partial charge in [-0.15, -0.1) is 0 Å². The predicted molar refractivity (Wildman–Crippen MR) is 41.5 cm³/mol. The summed E-state index contributed by atoms with van der Waals surface area (Å²) in [6.07, 6.45) is -3.63. The van der Waals surface area contributed by atoms with E-state index in [0.717, 1.165) is 0 Å². The van der Waals surface area contributed by atoms with Crippen LogP contribution in [-0.4, -0.2) is 58.9 Å². The maximum absolute atomic E-state index is 9.04. The summed E-state index contributed by atoms with van der Waals surface area (Å²) in [7, 11) is 1.61. The van der Waals surface area contributed by atoms with Crippen LogP contribution >= 0.6 is 0 Å². The minimum absolute atomic E-state index is 0. The molecule has 0 bridgehead atoms. The van der Waals surface area contributed by atoms with Crippen LogP contribution in [0.25, 0.3) is 0 Å². The zero-order valence-corrected chi connectivity index (χ0v) is 6.84. The molecule has 0 rings (SSSR count). The highest BCUT2D eigenvalue weighted by Crippen LogP contribution is 1.98. The van der Waals surface area contributed by atoms with Gasteiger partial charge in [0.1, 0.15) is 12.2 Å². The van der Waals surface area contributed by atoms with Gasteiger partial charge in [0.25, 0.3) is 0 Å². The van der Waals surface area contributed by atoms with Crippen molar-refractivity contribution in [3.63, 3.8) is 0 Å². The van der Waals surface area contributed by atoms with Crippen molar-refractivity contribution in [3.05, 3.63) is 0 Å². The number of halogens is 1. The van der Waals surface area contributed by atoms with E-state index in [9.17, 15) is 0 Å². The lowest BCUT2D eigenvalue weighted by molar-refractivity contribution is -0.0745. The van der Waals surface area contributed by atoms with Crippen LogP contribution in [0.3, 0.4) is 0 Å². The molecule has 3 atom stereocenters. The van der Waals surface area contributed by atoms with Gasteiger partial charge in [0.15, 0.2) is 0 Å². The molecule has 0 radical (unpaired) electrons. The summed E-state index contributed by atoms with van der Waals surface area (Å²) >= 11 is 0. The van der Waals surface area contributed by atoms with Crippen molar-refractivity contribution in [2.24, 2.45) is 0 Å². The lowest BCUT2D eigenvalue weighted by Crippen LogP contribution is -2.43. The predicted octanol–water partition coefficient (Wildman–Crippen LogP) is -2.57. The fourth-order valence-electron chi connectivity index (χ4n) is 0.694. The molecule has 0 saturated heterocycles. The van der Waals surface area contributed by atoms with Crippen molar-refractivity contribution in [2.45, 2.75) is 18.3 Å². The lowest BCUT2D eigenvalue weighted by Gasteiger charge is -2.20. The standard InChI is InChI=1S/C6H15NO4.FH/c1-7-2-4(9)6(11)5(10)3-8;/h4-11H,2-3H2,1H3;1H. The van der Waals surface area contributed by atoms with Gasteiger partial charge in [0, 0.05) is 6.54 Å². The lowest BCUT2D eigenvalue weighted by atomic mass is 10.1. The van der Waals surface area contributed by atoms with E-state index in [1.807, 2.05) is 0 Å². The highest BCUT2D eigenvalue weighted by atomic mass is 19.0. The minimum Gasteiger partial charge on any atom is -0.394 e. The first-order valence-corrected chi connectivity index (χ1v) is 3.43. The summed E-state index contributed by atoms with van der Waals surface area (Å²) in [5.41, 5.74) is 0. The van der Waals surface area contributed by atoms with E-state index in [1.54, 1.807) is 7.05 Å². The van der Waals surface area contributed by atoms with Crippen molar-refractivity contribution in [3.8, 4) is 0 Å². The molecule has 0 aliphatic heterocycles. The molecule has 5 nitrogen and oxygen atoms in total. The first-order valence-electron chi connectivity index (χ1n) is 3.43. The van der Waals surface area contributed by atoms with Gasteiger partial charge in [0.2, 0.25) is 0 Å². The molecule has 0 heterocycles. The number of aliphatic hydroxyl groups is 4. The third-order valence-corrected chi connectivity index (χ3v) is 1.39. The van der Waals surface area contributed by atoms with Crippen LogP contribution in [0, 0.1) is 0 Å². The topological polar surface area (TPSA) is 93.0 Å². The Hall–Kier alpha value is -0.270. The van der Waals surface area contributed by atoms with Crippen molar-refractivity contribution < 1.29 is 25.1 Å². The Morgan fingerprint density at radius 3 is 2.00 bits per heavy atom. The van der Waals surface area contributed by atoms with E-state index in [4.69, 9.17) is 20.4 Å². The zero-order valence-electron chi connectivity index (χ0n) is 6.84. The Kier molecular flexibility index (Phi) is 8.78. The number of hydrogen-bond acceptors (Lipinski definition) is 5. The van der Waals surface area contributed by atoms with Gasteiger partial charge in [-0.05, 0) is 7.05 Å². The summed E-state index contributed by atoms with van der Waals surface area (Å²) in [5.74, 6) is 0. The number of aliphatic hydroxyl groups excluding tert-OH is 4. The summed E-state index contributed by atoms with van der Waals surface area (Å²) in [4.78, 5) is 0. The Bertz CT molecular complexity index is 106. The van der Waals surface area contributed by atoms with Crippen LogP contribution in [0.2, 0.25) is 0 Å². The summed E-state index contributed by atoms with van der Waals surface area (Å²) in [5, 5.41) is 37.9. The van der Waals surface area contributed by atoms with E-state index in [-0.39, 0.29) is 11.2 Å². The van der Waals surface area contributed by atoms with Crippen LogP contribution in [-0.2, 0) is 0 Å². The van der Waals surface area contributed by atoms with Gasteiger partial charge in [-0.25, -0.2) is 0 Å². The van der Waals surface area contributed by atoms with Gasteiger partial charge < -0.3 is 25.7 Å². The molecule has 0 fully saturated rings. The normalized spacial score (nSPS) is 17.8. The molecule has 6 heteroatoms. The first kappa shape index (κ1) is 14.3. The first-order chi connectivity index (χ1) is 5.13. The van der Waals surface area contributed by atoms with Crippen molar-refractivity contribution in [1.82, 2.24) is 5.32 Å². The molecule has 0 saturated carbocycles. The number of likely N-dealkylation sites (N-methyl/N-ethyl adjacent to an activating group) is 1. The number of nitrogens with one attached hydrogen (secondary N) is 1. The third kappa shape index (κ3) is 4.58. The highest BCUT2D eigenvalue weighted by molar-refractivity contribution is 4.75. The van der Waals surface area contributed by atoms with E-state index in [2.05, 4.69) is 5.32 Å². The molecule has 0 aromatic heterocycles. The van der Waals surface area contributed by atoms with Crippen LogP contribution in [0.4, 0.5) is 4.70 Å². The Morgan fingerprint density at radius 2 is 1.67 bits per heavy atom. The maximum Gasteiger partial charge on any atom is 0.109 e. The van der Waals surface area contributed by atoms with E-state index < -0.39 is 24.9 Å². The van der Waals surface area contributed by atoms with Crippen LogP contribution in [0.5, 0.6) is 0 Å². The SMILES string of the molecule is CNCC(O)C(O)C(O)CO.F. The van der Waals surface area contributed by atoms with E-state index >= 15 is 0 Å². The minimum atomic E-state index is -1.30. The van der Waals surface area contributed by atoms with E-state index in [0.29, 0.717) is 0 Å². The monoisotopic (exact) mass is 185 g/mol. The molecular formula is C6H16FNO4. The fourth-order valence-corrected chi connectivity index (χ4v) is 0.694. The number of rotatable bonds is 5. The average molecular weight is 185 g/mol. The van der Waals surface area contributed by atoms with Crippen molar-refractivity contribution in [1.29, 1.82) is 0 Å². The quantitative estimate of drug-likeness (QED) is 0.325. The van der Waals surface area contributed by atoms with Crippen molar-refractivity contribution in [2.75, 3.05) is 20.2 Å². The van der Waals surface area contributed by atoms with Crippen LogP contribution in [0.15, 0.2) is 0 Å². The smallest absolute Gasteiger partial charge is 0.109 e. The van der Waals surface area contributed by atoms with Gasteiger partial charge in [-0.2, -0.15) is 0 Å². The fraction of sp³-hybridized carbons (Fsp3) is 1.00. The molecule has 0 aliphatic rings. The second kappa shape index (κ2) is 7.38. The second-order valence-corrected chi connectivity index (χ2v) is 2.37. The molecule has 0 aromatic rings. The number of hydrogen-bond donors (Lipinski definition) is 5. The molecular weight excluding hydrogens is 169 g/mol. The summed E-state index contributed by atoms with van der Waals surface area (Å²) in [6, 6.07) is 0. The molecule has 12 heavy (non-hydrogen) atoms. The summed E-state index contributed by atoms with van der Waals surface area (Å²) < 4.78 is 0. The van der Waals surface area contributed by atoms with Gasteiger partial charge in [0.05, 0.1) is 12.7 Å². The molecule has 5 N–H and O–H groups in total. The molecule has 0 aromatic carbocycles. The highest BCUT2D eigenvalue weighted by Gasteiger charge is 2.22. The second-order valence-electron chi connectivity index (χ2n) is 2.37. The average Bonchev–Trinajstić information content (AvgIpc) is 2.02. The summed E-state index contributed by atoms with van der Waals surface area (Å²) in [6.45, 7) is -0.375. The molecule has 0 amide bonds. The van der Waals surface area contributed by atoms with Gasteiger partial charge in [-0.1, -0.05) is 0 Å². The Balaban J connectivity index is 0. The zero-order chi connectivity index (χ0) is 8.85. The van der Waals surface area contributed by atoms with Crippen LogP contribution < -0.4 is 5.32 Å². The molecule has 0 aliphatic carbocycles. The Morgan fingerprint density at radius 1 is 1.17 bits per heavy atom. The van der Waals surface area contributed by atoms with Crippen LogP contribution in [0.1, 0.15) is 0 Å². The van der Waals surface area contributed by atoms with E-state index in [1.165, 1.54) is 0 Å². The van der Waals surface area contributed by atoms with Gasteiger partial charge >= 0.3 is 0 Å². The molecule has 0 spiro atoms. The molecule has 3 unspecified atom stereocenters. The third-order valence-electron chi connectivity index (χ3n) is 1.39. The Labute approximate surface area is 70.0 Å². The van der Waals surface area contributed by atoms with Gasteiger partial charge in [-0.3, -0.25) is 4.70 Å².